The van der Waals surface area contributed by atoms with Crippen LogP contribution in [0.3, 0.4) is 0 Å². The Balaban J connectivity index is 1.80. The molecular weight excluding hydrogens is 261 g/mol. The summed E-state index contributed by atoms with van der Waals surface area (Å²) >= 11 is 0. The molecule has 0 saturated carbocycles. The Morgan fingerprint density at radius 2 is 2.05 bits per heavy atom. The SMILES string of the molecule is Cc1cc(F)cc(C(=O)OCCNc2ncccn2)c1. The molecule has 0 spiro atoms. The van der Waals surface area contributed by atoms with Gasteiger partial charge in [0.25, 0.3) is 0 Å². The van der Waals surface area contributed by atoms with Crippen molar-refractivity contribution in [2.75, 3.05) is 18.5 Å². The zero-order chi connectivity index (χ0) is 14.4. The van der Waals surface area contributed by atoms with Gasteiger partial charge in [-0.15, -0.1) is 0 Å². The number of rotatable bonds is 5. The van der Waals surface area contributed by atoms with E-state index in [0.717, 1.165) is 6.07 Å². The molecule has 2 aromatic rings. The molecule has 0 atom stereocenters. The molecule has 2 rings (SSSR count). The van der Waals surface area contributed by atoms with Crippen LogP contribution in [-0.4, -0.2) is 29.1 Å². The third-order valence-electron chi connectivity index (χ3n) is 2.46. The Morgan fingerprint density at radius 3 is 2.75 bits per heavy atom. The van der Waals surface area contributed by atoms with Gasteiger partial charge in [0, 0.05) is 12.4 Å². The highest BCUT2D eigenvalue weighted by molar-refractivity contribution is 5.89. The van der Waals surface area contributed by atoms with Crippen LogP contribution >= 0.6 is 0 Å². The molecule has 5 nitrogen and oxygen atoms in total. The molecule has 6 heteroatoms. The van der Waals surface area contributed by atoms with Gasteiger partial charge in [0.05, 0.1) is 12.1 Å². The van der Waals surface area contributed by atoms with Crippen LogP contribution in [0.5, 0.6) is 0 Å². The maximum absolute atomic E-state index is 13.2. The number of nitrogens with one attached hydrogen (secondary N) is 1. The van der Waals surface area contributed by atoms with E-state index in [1.165, 1.54) is 6.07 Å². The van der Waals surface area contributed by atoms with Gasteiger partial charge < -0.3 is 10.1 Å². The van der Waals surface area contributed by atoms with Gasteiger partial charge in [-0.2, -0.15) is 0 Å². The number of aromatic nitrogens is 2. The first kappa shape index (κ1) is 13.9. The molecule has 1 N–H and O–H groups in total. The fourth-order valence-corrected chi connectivity index (χ4v) is 1.63. The predicted molar refractivity (Wildman–Crippen MR) is 71.9 cm³/mol. The summed E-state index contributed by atoms with van der Waals surface area (Å²) in [6.45, 7) is 2.24. The molecule has 0 amide bonds. The van der Waals surface area contributed by atoms with E-state index >= 15 is 0 Å². The van der Waals surface area contributed by atoms with Gasteiger partial charge >= 0.3 is 5.97 Å². The molecule has 0 unspecified atom stereocenters. The predicted octanol–water partition coefficient (Wildman–Crippen LogP) is 2.19. The summed E-state index contributed by atoms with van der Waals surface area (Å²) in [4.78, 5) is 19.6. The molecule has 0 fully saturated rings. The van der Waals surface area contributed by atoms with Crippen molar-refractivity contribution in [1.82, 2.24) is 9.97 Å². The zero-order valence-electron chi connectivity index (χ0n) is 11.0. The van der Waals surface area contributed by atoms with E-state index in [2.05, 4.69) is 15.3 Å². The zero-order valence-corrected chi connectivity index (χ0v) is 11.0. The number of benzene rings is 1. The first-order valence-corrected chi connectivity index (χ1v) is 6.10. The van der Waals surface area contributed by atoms with Crippen LogP contribution in [0.25, 0.3) is 0 Å². The molecule has 0 saturated heterocycles. The van der Waals surface area contributed by atoms with Gasteiger partial charge in [-0.25, -0.2) is 19.2 Å². The largest absolute Gasteiger partial charge is 0.460 e. The maximum atomic E-state index is 13.2. The van der Waals surface area contributed by atoms with Crippen LogP contribution in [0.15, 0.2) is 36.7 Å². The first-order chi connectivity index (χ1) is 9.65. The van der Waals surface area contributed by atoms with Gasteiger partial charge in [0.2, 0.25) is 5.95 Å². The van der Waals surface area contributed by atoms with Gasteiger partial charge in [-0.05, 0) is 36.8 Å². The number of nitrogens with zero attached hydrogens (tertiary/aromatic N) is 2. The topological polar surface area (TPSA) is 64.1 Å². The first-order valence-electron chi connectivity index (χ1n) is 6.10. The lowest BCUT2D eigenvalue weighted by molar-refractivity contribution is 0.0520. The molecule has 20 heavy (non-hydrogen) atoms. The monoisotopic (exact) mass is 275 g/mol. The van der Waals surface area contributed by atoms with Crippen molar-refractivity contribution in [1.29, 1.82) is 0 Å². The van der Waals surface area contributed by atoms with E-state index in [1.54, 1.807) is 31.5 Å². The number of halogens is 1. The number of carbonyl (C=O) groups excluding carboxylic acids is 1. The van der Waals surface area contributed by atoms with Crippen LogP contribution in [0.4, 0.5) is 10.3 Å². The van der Waals surface area contributed by atoms with E-state index in [4.69, 9.17) is 4.74 Å². The van der Waals surface area contributed by atoms with Crippen molar-refractivity contribution >= 4 is 11.9 Å². The van der Waals surface area contributed by atoms with Gasteiger partial charge in [-0.3, -0.25) is 0 Å². The van der Waals surface area contributed by atoms with Crippen LogP contribution in [0.2, 0.25) is 0 Å². The highest BCUT2D eigenvalue weighted by Crippen LogP contribution is 2.09. The second kappa shape index (κ2) is 6.60. The second-order valence-corrected chi connectivity index (χ2v) is 4.15. The number of ether oxygens (including phenoxy) is 1. The molecule has 1 aromatic heterocycles. The normalized spacial score (nSPS) is 10.1. The average Bonchev–Trinajstić information content (AvgIpc) is 2.43. The Morgan fingerprint density at radius 1 is 1.30 bits per heavy atom. The fourth-order valence-electron chi connectivity index (χ4n) is 1.63. The van der Waals surface area contributed by atoms with Crippen molar-refractivity contribution in [2.24, 2.45) is 0 Å². The third kappa shape index (κ3) is 4.01. The molecule has 0 aliphatic carbocycles. The highest BCUT2D eigenvalue weighted by atomic mass is 19.1. The quantitative estimate of drug-likeness (QED) is 0.669. The summed E-state index contributed by atoms with van der Waals surface area (Å²) in [5.41, 5.74) is 0.881. The molecule has 1 aromatic carbocycles. The number of carbonyl (C=O) groups is 1. The standard InChI is InChI=1S/C14H14FN3O2/c1-10-7-11(9-12(15)8-10)13(19)20-6-5-18-14-16-3-2-4-17-14/h2-4,7-9H,5-6H2,1H3,(H,16,17,18). The lowest BCUT2D eigenvalue weighted by Gasteiger charge is -2.07. The Bertz CT molecular complexity index is 570. The third-order valence-corrected chi connectivity index (χ3v) is 2.46. The Hall–Kier alpha value is -2.50. The van der Waals surface area contributed by atoms with Gasteiger partial charge in [0.15, 0.2) is 0 Å². The number of hydrogen-bond donors (Lipinski definition) is 1. The number of hydrogen-bond acceptors (Lipinski definition) is 5. The van der Waals surface area contributed by atoms with E-state index in [-0.39, 0.29) is 12.2 Å². The lowest BCUT2D eigenvalue weighted by atomic mass is 10.1. The second-order valence-electron chi connectivity index (χ2n) is 4.15. The Kier molecular flexibility index (Phi) is 4.60. The van der Waals surface area contributed by atoms with Crippen molar-refractivity contribution in [3.05, 3.63) is 53.6 Å². The Labute approximate surface area is 115 Å². The van der Waals surface area contributed by atoms with Gasteiger partial charge in [0.1, 0.15) is 12.4 Å². The van der Waals surface area contributed by atoms with Crippen molar-refractivity contribution in [3.63, 3.8) is 0 Å². The maximum Gasteiger partial charge on any atom is 0.338 e. The number of anilines is 1. The summed E-state index contributed by atoms with van der Waals surface area (Å²) in [6, 6.07) is 5.80. The molecule has 0 bridgehead atoms. The molecule has 1 heterocycles. The van der Waals surface area contributed by atoms with Crippen LogP contribution in [-0.2, 0) is 4.74 Å². The molecular formula is C14H14FN3O2. The molecule has 0 aliphatic rings. The van der Waals surface area contributed by atoms with Crippen LogP contribution < -0.4 is 5.32 Å². The summed E-state index contributed by atoms with van der Waals surface area (Å²) in [7, 11) is 0. The van der Waals surface area contributed by atoms with Gasteiger partial charge in [-0.1, -0.05) is 0 Å². The smallest absolute Gasteiger partial charge is 0.338 e. The van der Waals surface area contributed by atoms with Crippen LogP contribution in [0, 0.1) is 12.7 Å². The van der Waals surface area contributed by atoms with E-state index in [1.807, 2.05) is 0 Å². The summed E-state index contributed by atoms with van der Waals surface area (Å²) in [5.74, 6) is -0.540. The summed E-state index contributed by atoms with van der Waals surface area (Å²) < 4.78 is 18.2. The molecule has 104 valence electrons. The minimum Gasteiger partial charge on any atom is -0.460 e. The summed E-state index contributed by atoms with van der Waals surface area (Å²) in [5, 5.41) is 2.90. The van der Waals surface area contributed by atoms with E-state index < -0.39 is 11.8 Å². The van der Waals surface area contributed by atoms with E-state index in [0.29, 0.717) is 18.1 Å². The average molecular weight is 275 g/mol. The molecule has 0 radical (unpaired) electrons. The van der Waals surface area contributed by atoms with Crippen molar-refractivity contribution in [3.8, 4) is 0 Å². The number of esters is 1. The van der Waals surface area contributed by atoms with Crippen molar-refractivity contribution in [2.45, 2.75) is 6.92 Å². The minimum absolute atomic E-state index is 0.145. The minimum atomic E-state index is -0.552. The van der Waals surface area contributed by atoms with E-state index in [9.17, 15) is 9.18 Å². The fraction of sp³-hybridized carbons (Fsp3) is 0.214. The summed E-state index contributed by atoms with van der Waals surface area (Å²) in [6.07, 6.45) is 3.22. The molecule has 0 aliphatic heterocycles. The van der Waals surface area contributed by atoms with Crippen LogP contribution in [0.1, 0.15) is 15.9 Å². The highest BCUT2D eigenvalue weighted by Gasteiger charge is 2.09. The number of aryl methyl sites for hydroxylation is 1. The lowest BCUT2D eigenvalue weighted by Crippen LogP contribution is -2.15. The van der Waals surface area contributed by atoms with Crippen molar-refractivity contribution < 1.29 is 13.9 Å².